The molecule has 3 nitrogen and oxygen atoms in total. The Bertz CT molecular complexity index is 193. The third-order valence-corrected chi connectivity index (χ3v) is 3.24. The van der Waals surface area contributed by atoms with E-state index in [1.807, 2.05) is 0 Å². The molecule has 0 aromatic heterocycles. The van der Waals surface area contributed by atoms with Crippen molar-refractivity contribution < 1.29 is 4.74 Å². The van der Waals surface area contributed by atoms with Gasteiger partial charge in [0.2, 0.25) is 0 Å². The van der Waals surface area contributed by atoms with E-state index in [0.29, 0.717) is 0 Å². The predicted molar refractivity (Wildman–Crippen MR) is 73.3 cm³/mol. The quantitative estimate of drug-likeness (QED) is 0.634. The van der Waals surface area contributed by atoms with Crippen molar-refractivity contribution in [2.75, 3.05) is 39.9 Å². The first kappa shape index (κ1) is 14.9. The molecule has 3 heteroatoms. The minimum atomic E-state index is 0.728. The van der Waals surface area contributed by atoms with Gasteiger partial charge in [0.15, 0.2) is 0 Å². The Labute approximate surface area is 107 Å². The third kappa shape index (κ3) is 7.02. The first-order valence-electron chi connectivity index (χ1n) is 7.07. The number of rotatable bonds is 10. The fraction of sp³-hybridized carbons (Fsp3) is 1.00. The summed E-state index contributed by atoms with van der Waals surface area (Å²) in [5.41, 5.74) is 0. The van der Waals surface area contributed by atoms with E-state index in [1.165, 1.54) is 19.4 Å². The largest absolute Gasteiger partial charge is 0.383 e. The molecule has 0 aromatic rings. The molecule has 1 saturated carbocycles. The lowest BCUT2D eigenvalue weighted by Gasteiger charge is -2.25. The van der Waals surface area contributed by atoms with Crippen LogP contribution in [0.2, 0.25) is 0 Å². The molecule has 0 spiro atoms. The Kier molecular flexibility index (Phi) is 7.09. The summed E-state index contributed by atoms with van der Waals surface area (Å²) in [5.74, 6) is 1.47. The molecule has 1 unspecified atom stereocenters. The topological polar surface area (TPSA) is 24.5 Å². The molecule has 0 heterocycles. The molecule has 1 aliphatic carbocycles. The van der Waals surface area contributed by atoms with Crippen molar-refractivity contribution in [2.45, 2.75) is 39.7 Å². The molecule has 0 aliphatic heterocycles. The molecule has 0 amide bonds. The molecule has 1 rings (SSSR count). The minimum absolute atomic E-state index is 0.728. The lowest BCUT2D eigenvalue weighted by atomic mass is 10.1. The van der Waals surface area contributed by atoms with Crippen LogP contribution in [0.4, 0.5) is 0 Å². The second-order valence-corrected chi connectivity index (χ2v) is 5.88. The second-order valence-electron chi connectivity index (χ2n) is 5.88. The van der Waals surface area contributed by atoms with Gasteiger partial charge in [0, 0.05) is 26.2 Å². The summed E-state index contributed by atoms with van der Waals surface area (Å²) in [6, 6.07) is 0.845. The van der Waals surface area contributed by atoms with Gasteiger partial charge in [-0.15, -0.1) is 0 Å². The molecule has 17 heavy (non-hydrogen) atoms. The van der Waals surface area contributed by atoms with E-state index in [0.717, 1.165) is 44.1 Å². The molecular formula is C14H30N2O. The van der Waals surface area contributed by atoms with Crippen molar-refractivity contribution in [1.29, 1.82) is 0 Å². The highest BCUT2D eigenvalue weighted by Crippen LogP contribution is 2.27. The van der Waals surface area contributed by atoms with Gasteiger partial charge in [-0.25, -0.2) is 0 Å². The van der Waals surface area contributed by atoms with Gasteiger partial charge in [-0.1, -0.05) is 20.8 Å². The first-order chi connectivity index (χ1) is 8.13. The van der Waals surface area contributed by atoms with Gasteiger partial charge in [0.1, 0.15) is 0 Å². The average molecular weight is 242 g/mol. The Morgan fingerprint density at radius 1 is 1.24 bits per heavy atom. The molecule has 0 bridgehead atoms. The number of nitrogens with one attached hydrogen (secondary N) is 1. The van der Waals surface area contributed by atoms with Gasteiger partial charge in [-0.05, 0) is 37.8 Å². The number of ether oxygens (including phenoxy) is 1. The van der Waals surface area contributed by atoms with Gasteiger partial charge in [0.05, 0.1) is 6.61 Å². The molecule has 102 valence electrons. The minimum Gasteiger partial charge on any atom is -0.383 e. The van der Waals surface area contributed by atoms with Crippen LogP contribution < -0.4 is 5.32 Å². The number of nitrogens with zero attached hydrogens (tertiary/aromatic N) is 1. The summed E-state index contributed by atoms with van der Waals surface area (Å²) in [4.78, 5) is 2.60. The van der Waals surface area contributed by atoms with Gasteiger partial charge in [-0.3, -0.25) is 4.90 Å². The van der Waals surface area contributed by atoms with Crippen LogP contribution >= 0.6 is 0 Å². The Hall–Kier alpha value is -0.120. The molecule has 1 N–H and O–H groups in total. The predicted octanol–water partition coefficient (Wildman–Crippen LogP) is 1.98. The normalized spacial score (nSPS) is 18.0. The van der Waals surface area contributed by atoms with Crippen LogP contribution in [0.25, 0.3) is 0 Å². The van der Waals surface area contributed by atoms with Crippen LogP contribution in [0.15, 0.2) is 0 Å². The van der Waals surface area contributed by atoms with Gasteiger partial charge >= 0.3 is 0 Å². The van der Waals surface area contributed by atoms with E-state index in [9.17, 15) is 0 Å². The van der Waals surface area contributed by atoms with Crippen molar-refractivity contribution >= 4 is 0 Å². The van der Waals surface area contributed by atoms with E-state index in [2.05, 4.69) is 31.0 Å². The highest BCUT2D eigenvalue weighted by atomic mass is 16.5. The van der Waals surface area contributed by atoms with Gasteiger partial charge in [-0.2, -0.15) is 0 Å². The molecular weight excluding hydrogens is 212 g/mol. The number of hydrogen-bond acceptors (Lipinski definition) is 3. The van der Waals surface area contributed by atoms with E-state index < -0.39 is 0 Å². The third-order valence-electron chi connectivity index (χ3n) is 3.24. The van der Waals surface area contributed by atoms with Crippen molar-refractivity contribution in [3.63, 3.8) is 0 Å². The Morgan fingerprint density at radius 3 is 2.47 bits per heavy atom. The summed E-state index contributed by atoms with van der Waals surface area (Å²) in [5, 5.41) is 3.55. The fourth-order valence-corrected chi connectivity index (χ4v) is 2.15. The summed E-state index contributed by atoms with van der Waals surface area (Å²) < 4.78 is 5.19. The maximum Gasteiger partial charge on any atom is 0.0589 e. The molecule has 0 aromatic carbocycles. The fourth-order valence-electron chi connectivity index (χ4n) is 2.15. The van der Waals surface area contributed by atoms with Gasteiger partial charge in [0.25, 0.3) is 0 Å². The standard InChI is InChI=1S/C14H30N2O/c1-12(2)9-15-10-13(3)11-16(7-8-17-4)14-5-6-14/h12-15H,5-11H2,1-4H3. The summed E-state index contributed by atoms with van der Waals surface area (Å²) in [6.45, 7) is 12.3. The molecule has 1 fully saturated rings. The lowest BCUT2D eigenvalue weighted by Crippen LogP contribution is -2.37. The van der Waals surface area contributed by atoms with Crippen molar-refractivity contribution in [3.05, 3.63) is 0 Å². The van der Waals surface area contributed by atoms with Crippen molar-refractivity contribution in [2.24, 2.45) is 11.8 Å². The van der Waals surface area contributed by atoms with E-state index in [1.54, 1.807) is 7.11 Å². The number of hydrogen-bond donors (Lipinski definition) is 1. The van der Waals surface area contributed by atoms with E-state index in [-0.39, 0.29) is 0 Å². The van der Waals surface area contributed by atoms with Crippen LogP contribution in [0.5, 0.6) is 0 Å². The second kappa shape index (κ2) is 8.06. The summed E-state index contributed by atoms with van der Waals surface area (Å²) >= 11 is 0. The van der Waals surface area contributed by atoms with Crippen molar-refractivity contribution in [3.8, 4) is 0 Å². The van der Waals surface area contributed by atoms with Crippen LogP contribution in [-0.2, 0) is 4.74 Å². The smallest absolute Gasteiger partial charge is 0.0589 e. The average Bonchev–Trinajstić information content (AvgIpc) is 3.07. The van der Waals surface area contributed by atoms with E-state index >= 15 is 0 Å². The Balaban J connectivity index is 2.14. The monoisotopic (exact) mass is 242 g/mol. The molecule has 1 aliphatic rings. The zero-order chi connectivity index (χ0) is 12.7. The van der Waals surface area contributed by atoms with Crippen LogP contribution in [0.1, 0.15) is 33.6 Å². The summed E-state index contributed by atoms with van der Waals surface area (Å²) in [7, 11) is 1.79. The van der Waals surface area contributed by atoms with Crippen LogP contribution in [0, 0.1) is 11.8 Å². The first-order valence-corrected chi connectivity index (χ1v) is 7.07. The zero-order valence-electron chi connectivity index (χ0n) is 12.0. The SMILES string of the molecule is COCCN(CC(C)CNCC(C)C)C1CC1. The molecule has 0 saturated heterocycles. The maximum absolute atomic E-state index is 5.19. The van der Waals surface area contributed by atoms with Crippen LogP contribution in [-0.4, -0.2) is 50.8 Å². The molecule has 1 atom stereocenters. The Morgan fingerprint density at radius 2 is 1.94 bits per heavy atom. The number of methoxy groups -OCH3 is 1. The van der Waals surface area contributed by atoms with Crippen molar-refractivity contribution in [1.82, 2.24) is 10.2 Å². The maximum atomic E-state index is 5.19. The van der Waals surface area contributed by atoms with Gasteiger partial charge < -0.3 is 10.1 Å². The highest BCUT2D eigenvalue weighted by Gasteiger charge is 2.29. The molecule has 0 radical (unpaired) electrons. The highest BCUT2D eigenvalue weighted by molar-refractivity contribution is 4.85. The zero-order valence-corrected chi connectivity index (χ0v) is 12.0. The lowest BCUT2D eigenvalue weighted by molar-refractivity contribution is 0.133. The summed E-state index contributed by atoms with van der Waals surface area (Å²) in [6.07, 6.45) is 2.77. The van der Waals surface area contributed by atoms with Crippen LogP contribution in [0.3, 0.4) is 0 Å². The van der Waals surface area contributed by atoms with E-state index in [4.69, 9.17) is 4.74 Å².